The van der Waals surface area contributed by atoms with Crippen LogP contribution in [0.5, 0.6) is 5.75 Å². The van der Waals surface area contributed by atoms with Gasteiger partial charge in [0.25, 0.3) is 5.69 Å². The number of ether oxygens (including phenoxy) is 6. The topological polar surface area (TPSA) is 133 Å². The molecule has 11 nitrogen and oxygen atoms in total. The molecular weight excluding hydrogens is 570 g/mol. The van der Waals surface area contributed by atoms with E-state index in [9.17, 15) is 19.7 Å². The molecule has 0 aliphatic carbocycles. The molecule has 2 saturated heterocycles. The van der Waals surface area contributed by atoms with Crippen LogP contribution in [0.4, 0.5) is 5.69 Å². The van der Waals surface area contributed by atoms with Gasteiger partial charge in [-0.1, -0.05) is 66.7 Å². The van der Waals surface area contributed by atoms with Crippen LogP contribution in [0.15, 0.2) is 115 Å². The molecule has 4 aromatic rings. The van der Waals surface area contributed by atoms with Gasteiger partial charge in [-0.15, -0.1) is 0 Å². The molecule has 11 heteroatoms. The maximum Gasteiger partial charge on any atom is 0.338 e. The normalized spacial score (nSPS) is 24.4. The summed E-state index contributed by atoms with van der Waals surface area (Å²) in [6.45, 7) is 0.0447. The van der Waals surface area contributed by atoms with E-state index in [1.54, 1.807) is 60.7 Å². The van der Waals surface area contributed by atoms with Crippen LogP contribution in [0.3, 0.4) is 0 Å². The largest absolute Gasteiger partial charge is 0.461 e. The number of esters is 2. The summed E-state index contributed by atoms with van der Waals surface area (Å²) in [7, 11) is 0. The molecule has 6 rings (SSSR count). The molecule has 0 radical (unpaired) electrons. The number of fused-ring (bicyclic) bond motifs is 1. The average Bonchev–Trinajstić information content (AvgIpc) is 3.07. The van der Waals surface area contributed by atoms with E-state index < -0.39 is 53.9 Å². The fourth-order valence-electron chi connectivity index (χ4n) is 4.99. The minimum atomic E-state index is -1.32. The lowest BCUT2D eigenvalue weighted by atomic mass is 9.97. The van der Waals surface area contributed by atoms with Gasteiger partial charge in [-0.2, -0.15) is 0 Å². The summed E-state index contributed by atoms with van der Waals surface area (Å²) in [6.07, 6.45) is -6.35. The van der Waals surface area contributed by atoms with Crippen molar-refractivity contribution in [1.29, 1.82) is 0 Å². The second kappa shape index (κ2) is 13.0. The SMILES string of the molecule is O=C(OC1C(OC(=O)c2ccccc2)[C@H]2OC(c3ccccc3)OCC2O[C@H]1Oc1ccc([N+](=O)[O-])cc1)c1ccccc1. The predicted octanol–water partition coefficient (Wildman–Crippen LogP) is 5.26. The number of benzene rings is 4. The van der Waals surface area contributed by atoms with Gasteiger partial charge in [-0.05, 0) is 36.4 Å². The van der Waals surface area contributed by atoms with Gasteiger partial charge in [-0.25, -0.2) is 9.59 Å². The Labute approximate surface area is 252 Å². The van der Waals surface area contributed by atoms with Gasteiger partial charge in [0, 0.05) is 17.7 Å². The van der Waals surface area contributed by atoms with Gasteiger partial charge >= 0.3 is 11.9 Å². The van der Waals surface area contributed by atoms with E-state index in [-0.39, 0.29) is 29.2 Å². The number of rotatable bonds is 8. The second-order valence-electron chi connectivity index (χ2n) is 10.1. The van der Waals surface area contributed by atoms with Crippen molar-refractivity contribution in [1.82, 2.24) is 0 Å². The van der Waals surface area contributed by atoms with Crippen molar-refractivity contribution in [2.24, 2.45) is 0 Å². The number of carbonyl (C=O) groups excluding carboxylic acids is 2. The molecule has 2 fully saturated rings. The lowest BCUT2D eigenvalue weighted by Gasteiger charge is -2.48. The molecule has 0 bridgehead atoms. The summed E-state index contributed by atoms with van der Waals surface area (Å²) in [6, 6.07) is 31.3. The highest BCUT2D eigenvalue weighted by atomic mass is 16.8. The molecule has 0 spiro atoms. The Morgan fingerprint density at radius 3 is 1.82 bits per heavy atom. The van der Waals surface area contributed by atoms with Crippen LogP contribution >= 0.6 is 0 Å². The molecule has 0 aromatic heterocycles. The number of nitro benzene ring substituents is 1. The Morgan fingerprint density at radius 2 is 1.25 bits per heavy atom. The standard InChI is InChI=1S/C33H27NO10/c35-30(21-10-4-1-5-11-21)42-28-27-26(20-39-32(44-27)23-14-8-3-9-15-23)41-33(40-25-18-16-24(17-19-25)34(37)38)29(28)43-31(36)22-12-6-2-7-13-22/h1-19,26-29,32-33H,20H2/t26?,27-,28?,29?,32?,33+/m0/s1. The Kier molecular flexibility index (Phi) is 8.59. The van der Waals surface area contributed by atoms with Crippen LogP contribution in [0, 0.1) is 10.1 Å². The summed E-state index contributed by atoms with van der Waals surface area (Å²) in [4.78, 5) is 37.4. The maximum atomic E-state index is 13.4. The van der Waals surface area contributed by atoms with Crippen molar-refractivity contribution in [3.8, 4) is 5.75 Å². The molecule has 2 aliphatic heterocycles. The Morgan fingerprint density at radius 1 is 0.705 bits per heavy atom. The first-order valence-corrected chi connectivity index (χ1v) is 13.9. The molecule has 0 saturated carbocycles. The van der Waals surface area contributed by atoms with Crippen LogP contribution in [-0.4, -0.2) is 54.2 Å². The van der Waals surface area contributed by atoms with Crippen LogP contribution in [0.25, 0.3) is 0 Å². The minimum Gasteiger partial charge on any atom is -0.461 e. The first kappa shape index (κ1) is 29.0. The Hall–Kier alpha value is -5.10. The van der Waals surface area contributed by atoms with E-state index in [1.807, 2.05) is 30.3 Å². The number of nitrogens with zero attached hydrogens (tertiary/aromatic N) is 1. The first-order chi connectivity index (χ1) is 21.5. The van der Waals surface area contributed by atoms with E-state index in [2.05, 4.69) is 0 Å². The van der Waals surface area contributed by atoms with Gasteiger partial charge in [0.05, 0.1) is 22.7 Å². The Bertz CT molecular complexity index is 1580. The minimum absolute atomic E-state index is 0.0447. The molecular formula is C33H27NO10. The molecule has 2 heterocycles. The van der Waals surface area contributed by atoms with Crippen LogP contribution < -0.4 is 4.74 Å². The third-order valence-corrected chi connectivity index (χ3v) is 7.16. The van der Waals surface area contributed by atoms with E-state index in [0.29, 0.717) is 0 Å². The summed E-state index contributed by atoms with van der Waals surface area (Å²) in [5, 5.41) is 11.2. The highest BCUT2D eigenvalue weighted by Crippen LogP contribution is 2.38. The number of non-ortho nitro benzene ring substituents is 1. The Balaban J connectivity index is 1.36. The smallest absolute Gasteiger partial charge is 0.338 e. The summed E-state index contributed by atoms with van der Waals surface area (Å²) in [5.41, 5.74) is 1.14. The fraction of sp³-hybridized carbons (Fsp3) is 0.212. The van der Waals surface area contributed by atoms with Crippen molar-refractivity contribution in [3.63, 3.8) is 0 Å². The van der Waals surface area contributed by atoms with Crippen molar-refractivity contribution >= 4 is 17.6 Å². The van der Waals surface area contributed by atoms with E-state index in [1.165, 1.54) is 24.3 Å². The lowest BCUT2D eigenvalue weighted by molar-refractivity contribution is -0.384. The monoisotopic (exact) mass is 597 g/mol. The van der Waals surface area contributed by atoms with E-state index in [0.717, 1.165) is 5.56 Å². The maximum absolute atomic E-state index is 13.4. The van der Waals surface area contributed by atoms with E-state index in [4.69, 9.17) is 28.4 Å². The quantitative estimate of drug-likeness (QED) is 0.150. The van der Waals surface area contributed by atoms with Crippen LogP contribution in [-0.2, 0) is 23.7 Å². The molecule has 0 amide bonds. The number of hydrogen-bond donors (Lipinski definition) is 0. The molecule has 4 aromatic carbocycles. The van der Waals surface area contributed by atoms with Crippen molar-refractivity contribution in [2.75, 3.05) is 6.61 Å². The summed E-state index contributed by atoms with van der Waals surface area (Å²) < 4.78 is 36.7. The second-order valence-corrected chi connectivity index (χ2v) is 10.1. The highest BCUT2D eigenvalue weighted by molar-refractivity contribution is 5.90. The number of hydrogen-bond acceptors (Lipinski definition) is 10. The van der Waals surface area contributed by atoms with Crippen LogP contribution in [0.1, 0.15) is 32.6 Å². The molecule has 6 atom stereocenters. The summed E-state index contributed by atoms with van der Waals surface area (Å²) >= 11 is 0. The molecule has 4 unspecified atom stereocenters. The van der Waals surface area contributed by atoms with Gasteiger partial charge in [0.2, 0.25) is 12.4 Å². The first-order valence-electron chi connectivity index (χ1n) is 13.9. The number of carbonyl (C=O) groups is 2. The predicted molar refractivity (Wildman–Crippen MR) is 154 cm³/mol. The van der Waals surface area contributed by atoms with Crippen molar-refractivity contribution in [2.45, 2.75) is 37.0 Å². The van der Waals surface area contributed by atoms with Crippen molar-refractivity contribution in [3.05, 3.63) is 142 Å². The van der Waals surface area contributed by atoms with Gasteiger partial charge in [-0.3, -0.25) is 10.1 Å². The third kappa shape index (κ3) is 6.45. The summed E-state index contributed by atoms with van der Waals surface area (Å²) in [5.74, 6) is -1.17. The van der Waals surface area contributed by atoms with E-state index >= 15 is 0 Å². The molecule has 224 valence electrons. The van der Waals surface area contributed by atoms with Gasteiger partial charge < -0.3 is 28.4 Å². The highest BCUT2D eigenvalue weighted by Gasteiger charge is 2.55. The lowest BCUT2D eigenvalue weighted by Crippen LogP contribution is -2.65. The zero-order valence-electron chi connectivity index (χ0n) is 23.2. The van der Waals surface area contributed by atoms with Gasteiger partial charge in [0.1, 0.15) is 18.0 Å². The van der Waals surface area contributed by atoms with Crippen LogP contribution in [0.2, 0.25) is 0 Å². The van der Waals surface area contributed by atoms with Crippen molar-refractivity contribution < 1.29 is 42.9 Å². The fourth-order valence-corrected chi connectivity index (χ4v) is 4.99. The molecule has 44 heavy (non-hydrogen) atoms. The molecule has 0 N–H and O–H groups in total. The third-order valence-electron chi connectivity index (χ3n) is 7.16. The zero-order valence-corrected chi connectivity index (χ0v) is 23.2. The molecule has 2 aliphatic rings. The number of nitro groups is 1. The average molecular weight is 598 g/mol. The zero-order chi connectivity index (χ0) is 30.5. The van der Waals surface area contributed by atoms with Gasteiger partial charge in [0.15, 0.2) is 12.4 Å².